The molecule has 0 radical (unpaired) electrons. The van der Waals surface area contributed by atoms with Gasteiger partial charge in [-0.2, -0.15) is 0 Å². The summed E-state index contributed by atoms with van der Waals surface area (Å²) in [7, 11) is 0. The minimum absolute atomic E-state index is 0.136. The summed E-state index contributed by atoms with van der Waals surface area (Å²) in [4.78, 5) is 28.8. The van der Waals surface area contributed by atoms with Crippen LogP contribution >= 0.6 is 0 Å². The van der Waals surface area contributed by atoms with Gasteiger partial charge in [-0.05, 0) is 73.7 Å². The number of carbonyl (C=O) groups is 1. The quantitative estimate of drug-likeness (QED) is 0.401. The Hall–Kier alpha value is -4.10. The van der Waals surface area contributed by atoms with E-state index in [0.29, 0.717) is 39.5 Å². The summed E-state index contributed by atoms with van der Waals surface area (Å²) in [5, 5.41) is 3.34. The van der Waals surface area contributed by atoms with Gasteiger partial charge in [-0.1, -0.05) is 48.5 Å². The maximum absolute atomic E-state index is 13.5. The fourth-order valence-electron chi connectivity index (χ4n) is 5.21. The van der Waals surface area contributed by atoms with E-state index in [2.05, 4.69) is 34.5 Å². The lowest BCUT2D eigenvalue weighted by Crippen LogP contribution is -2.39. The highest BCUT2D eigenvalue weighted by Crippen LogP contribution is 2.37. The molecule has 37 heavy (non-hydrogen) atoms. The number of nitrogens with zero attached hydrogens (tertiary/aromatic N) is 1. The molecule has 0 aliphatic carbocycles. The number of amides is 1. The van der Waals surface area contributed by atoms with Crippen molar-refractivity contribution < 1.29 is 18.7 Å². The van der Waals surface area contributed by atoms with Gasteiger partial charge in [-0.15, -0.1) is 0 Å². The topological polar surface area (TPSA) is 81.0 Å². The average molecular weight is 497 g/mol. The largest absolute Gasteiger partial charge is 0.454 e. The molecule has 1 saturated heterocycles. The number of ether oxygens (including phenoxy) is 2. The summed E-state index contributed by atoms with van der Waals surface area (Å²) >= 11 is 0. The van der Waals surface area contributed by atoms with Crippen LogP contribution in [0.5, 0.6) is 11.5 Å². The van der Waals surface area contributed by atoms with Crippen LogP contribution in [-0.2, 0) is 11.2 Å². The highest BCUT2D eigenvalue weighted by Gasteiger charge is 2.24. The normalized spacial score (nSPS) is 15.7. The van der Waals surface area contributed by atoms with Crippen molar-refractivity contribution >= 4 is 22.8 Å². The fraction of sp³-hybridized carbons (Fsp3) is 0.267. The Bertz CT molecular complexity index is 1490. The van der Waals surface area contributed by atoms with Crippen LogP contribution in [0.25, 0.3) is 22.1 Å². The first-order valence-corrected chi connectivity index (χ1v) is 12.7. The minimum Gasteiger partial charge on any atom is -0.454 e. The molecule has 1 fully saturated rings. The van der Waals surface area contributed by atoms with Gasteiger partial charge in [-0.3, -0.25) is 19.8 Å². The number of carbonyl (C=O) groups excluding carboxylic acids is 1. The molecule has 7 nitrogen and oxygen atoms in total. The Labute approximate surface area is 214 Å². The van der Waals surface area contributed by atoms with Gasteiger partial charge in [0.1, 0.15) is 5.58 Å². The van der Waals surface area contributed by atoms with Crippen LogP contribution in [-0.4, -0.2) is 37.2 Å². The number of piperidine rings is 1. The van der Waals surface area contributed by atoms with Crippen LogP contribution in [0.15, 0.2) is 82.0 Å². The second-order valence-electron chi connectivity index (χ2n) is 9.66. The Morgan fingerprint density at radius 1 is 0.919 bits per heavy atom. The predicted molar refractivity (Wildman–Crippen MR) is 142 cm³/mol. The van der Waals surface area contributed by atoms with Crippen molar-refractivity contribution in [3.8, 4) is 22.6 Å². The van der Waals surface area contributed by atoms with Gasteiger partial charge in [0.05, 0.1) is 17.5 Å². The predicted octanol–water partition coefficient (Wildman–Crippen LogP) is 5.08. The highest BCUT2D eigenvalue weighted by molar-refractivity contribution is 5.97. The smallest absolute Gasteiger partial charge is 0.240 e. The molecule has 0 spiro atoms. The van der Waals surface area contributed by atoms with Gasteiger partial charge < -0.3 is 13.9 Å². The zero-order chi connectivity index (χ0) is 25.2. The van der Waals surface area contributed by atoms with E-state index < -0.39 is 0 Å². The number of hydrogen-bond acceptors (Lipinski definition) is 6. The first kappa shape index (κ1) is 23.3. The second kappa shape index (κ2) is 10.1. The molecule has 3 heterocycles. The molecule has 188 valence electrons. The van der Waals surface area contributed by atoms with E-state index in [-0.39, 0.29) is 30.6 Å². The summed E-state index contributed by atoms with van der Waals surface area (Å²) in [5.74, 6) is 1.74. The lowest BCUT2D eigenvalue weighted by Gasteiger charge is -2.31. The van der Waals surface area contributed by atoms with E-state index in [1.54, 1.807) is 42.5 Å². The van der Waals surface area contributed by atoms with Crippen LogP contribution in [0.4, 0.5) is 5.88 Å². The number of hydrogen-bond donors (Lipinski definition) is 1. The third kappa shape index (κ3) is 4.95. The maximum atomic E-state index is 13.5. The van der Waals surface area contributed by atoms with Crippen molar-refractivity contribution in [1.82, 2.24) is 4.90 Å². The Morgan fingerprint density at radius 3 is 2.51 bits per heavy atom. The molecule has 2 aliphatic heterocycles. The number of nitrogens with one attached hydrogen (secondary N) is 1. The van der Waals surface area contributed by atoms with E-state index in [1.165, 1.54) is 5.56 Å². The SMILES string of the molecule is O=C(CN1CCC(Cc2ccccc2)CC1)Nc1oc2ccccc2c(=O)c1-c1ccc2c(c1)OCO2. The monoisotopic (exact) mass is 496 g/mol. The lowest BCUT2D eigenvalue weighted by atomic mass is 9.90. The van der Waals surface area contributed by atoms with Gasteiger partial charge in [0.15, 0.2) is 11.5 Å². The minimum atomic E-state index is -0.210. The number of likely N-dealkylation sites (tertiary alicyclic amines) is 1. The summed E-state index contributed by atoms with van der Waals surface area (Å²) in [6, 6.07) is 22.9. The molecule has 1 aromatic heterocycles. The average Bonchev–Trinajstić information content (AvgIpc) is 3.39. The molecular formula is C30H28N2O5. The number of rotatable bonds is 6. The zero-order valence-electron chi connectivity index (χ0n) is 20.4. The highest BCUT2D eigenvalue weighted by atomic mass is 16.7. The van der Waals surface area contributed by atoms with E-state index in [0.717, 1.165) is 32.4 Å². The molecule has 3 aromatic carbocycles. The zero-order valence-corrected chi connectivity index (χ0v) is 20.4. The Kier molecular flexibility index (Phi) is 6.37. The first-order valence-electron chi connectivity index (χ1n) is 12.7. The Morgan fingerprint density at radius 2 is 1.68 bits per heavy atom. The molecule has 1 N–H and O–H groups in total. The summed E-state index contributed by atoms with van der Waals surface area (Å²) < 4.78 is 17.0. The summed E-state index contributed by atoms with van der Waals surface area (Å²) in [6.07, 6.45) is 3.17. The maximum Gasteiger partial charge on any atom is 0.240 e. The van der Waals surface area contributed by atoms with Crippen molar-refractivity contribution in [1.29, 1.82) is 0 Å². The molecule has 2 aliphatic rings. The fourth-order valence-corrected chi connectivity index (χ4v) is 5.21. The van der Waals surface area contributed by atoms with E-state index in [4.69, 9.17) is 13.9 Å². The molecule has 6 rings (SSSR count). The van der Waals surface area contributed by atoms with Crippen molar-refractivity contribution in [2.75, 3.05) is 31.7 Å². The first-order chi connectivity index (χ1) is 18.1. The van der Waals surface area contributed by atoms with Crippen molar-refractivity contribution in [3.63, 3.8) is 0 Å². The van der Waals surface area contributed by atoms with Crippen LogP contribution in [0.3, 0.4) is 0 Å². The van der Waals surface area contributed by atoms with Gasteiger partial charge in [0.25, 0.3) is 0 Å². The third-order valence-corrected chi connectivity index (χ3v) is 7.15. The van der Waals surface area contributed by atoms with E-state index in [1.807, 2.05) is 6.07 Å². The number of benzene rings is 3. The number of fused-ring (bicyclic) bond motifs is 2. The van der Waals surface area contributed by atoms with Crippen molar-refractivity contribution in [2.24, 2.45) is 5.92 Å². The molecule has 0 saturated carbocycles. The van der Waals surface area contributed by atoms with Crippen LogP contribution < -0.4 is 20.2 Å². The van der Waals surface area contributed by atoms with Gasteiger partial charge in [0, 0.05) is 0 Å². The lowest BCUT2D eigenvalue weighted by molar-refractivity contribution is -0.117. The third-order valence-electron chi connectivity index (χ3n) is 7.15. The van der Waals surface area contributed by atoms with Crippen LogP contribution in [0.1, 0.15) is 18.4 Å². The molecule has 4 aromatic rings. The van der Waals surface area contributed by atoms with Crippen molar-refractivity contribution in [2.45, 2.75) is 19.3 Å². The summed E-state index contributed by atoms with van der Waals surface area (Å²) in [6.45, 7) is 2.11. The molecule has 7 heteroatoms. The van der Waals surface area contributed by atoms with Gasteiger partial charge in [0.2, 0.25) is 24.0 Å². The van der Waals surface area contributed by atoms with E-state index in [9.17, 15) is 9.59 Å². The van der Waals surface area contributed by atoms with E-state index >= 15 is 0 Å². The molecule has 0 bridgehead atoms. The summed E-state index contributed by atoms with van der Waals surface area (Å²) in [5.41, 5.74) is 2.47. The van der Waals surface area contributed by atoms with Gasteiger partial charge in [-0.25, -0.2) is 0 Å². The van der Waals surface area contributed by atoms with Crippen LogP contribution in [0.2, 0.25) is 0 Å². The molecule has 0 atom stereocenters. The molecule has 1 amide bonds. The number of anilines is 1. The Balaban J connectivity index is 1.19. The van der Waals surface area contributed by atoms with Crippen LogP contribution in [0, 0.1) is 5.92 Å². The standard InChI is InChI=1S/C30H28N2O5/c33-27(18-32-14-12-21(13-15-32)16-20-6-2-1-3-7-20)31-30-28(22-10-11-25-26(17-22)36-19-35-25)29(34)23-8-4-5-9-24(23)37-30/h1-11,17,21H,12-16,18-19H2,(H,31,33). The molecule has 0 unspecified atom stereocenters. The number of para-hydroxylation sites is 1. The molecular weight excluding hydrogens is 468 g/mol. The van der Waals surface area contributed by atoms with Crippen molar-refractivity contribution in [3.05, 3.63) is 88.6 Å². The second-order valence-corrected chi connectivity index (χ2v) is 9.66. The van der Waals surface area contributed by atoms with Gasteiger partial charge >= 0.3 is 0 Å².